The summed E-state index contributed by atoms with van der Waals surface area (Å²) in [6.07, 6.45) is 0. The number of amides is 1. The first-order valence-electron chi connectivity index (χ1n) is 1.68. The highest BCUT2D eigenvalue weighted by Gasteiger charge is 1.88. The zero-order valence-electron chi connectivity index (χ0n) is 4.01. The van der Waals surface area contributed by atoms with Crippen molar-refractivity contribution in [2.24, 2.45) is 5.73 Å². The molecule has 42 valence electrons. The van der Waals surface area contributed by atoms with E-state index >= 15 is 0 Å². The molecule has 0 aliphatic heterocycles. The van der Waals surface area contributed by atoms with Gasteiger partial charge in [0.15, 0.2) is 0 Å². The quantitative estimate of drug-likeness (QED) is 0.538. The van der Waals surface area contributed by atoms with E-state index in [-0.39, 0.29) is 0 Å². The fourth-order valence-corrected chi connectivity index (χ4v) is 0.351. The molecule has 1 amide bonds. The highest BCUT2D eigenvalue weighted by Crippen LogP contribution is 1.95. The van der Waals surface area contributed by atoms with Crippen LogP contribution in [-0.2, 0) is 4.74 Å². The van der Waals surface area contributed by atoms with Gasteiger partial charge in [0, 0.05) is 7.11 Å². The van der Waals surface area contributed by atoms with Crippen LogP contribution in [0, 0.1) is 0 Å². The summed E-state index contributed by atoms with van der Waals surface area (Å²) in [5.41, 5.74) is 4.72. The lowest BCUT2D eigenvalue weighted by Gasteiger charge is -1.89. The van der Waals surface area contributed by atoms with E-state index in [0.29, 0.717) is 5.94 Å². The zero-order valence-corrected chi connectivity index (χ0v) is 4.83. The Labute approximate surface area is 46.2 Å². The third kappa shape index (κ3) is 5.78. The van der Waals surface area contributed by atoms with Crippen LogP contribution in [0.5, 0.6) is 0 Å². The lowest BCUT2D eigenvalue weighted by molar-refractivity contribution is 0.254. The Kier molecular flexibility index (Phi) is 3.83. The Morgan fingerprint density at radius 3 is 2.71 bits per heavy atom. The average Bonchev–Trinajstić information content (AvgIpc) is 1.61. The van der Waals surface area contributed by atoms with Crippen molar-refractivity contribution in [3.05, 3.63) is 0 Å². The van der Waals surface area contributed by atoms with E-state index in [4.69, 9.17) is 5.73 Å². The minimum absolute atomic E-state index is 0.343. The van der Waals surface area contributed by atoms with Gasteiger partial charge in [0.2, 0.25) is 0 Å². The zero-order chi connectivity index (χ0) is 5.70. The van der Waals surface area contributed by atoms with E-state index in [1.807, 2.05) is 0 Å². The molecule has 0 saturated carbocycles. The van der Waals surface area contributed by atoms with Gasteiger partial charge in [0.05, 0.1) is 0 Å². The van der Waals surface area contributed by atoms with E-state index in [9.17, 15) is 4.79 Å². The fourth-order valence-electron chi connectivity index (χ4n) is 0.117. The molecule has 0 radical (unpaired) electrons. The summed E-state index contributed by atoms with van der Waals surface area (Å²) in [6, 6.07) is 0. The SMILES string of the molecule is COCSC(N)=O. The van der Waals surface area contributed by atoms with Crippen molar-refractivity contribution in [1.29, 1.82) is 0 Å². The minimum atomic E-state index is -0.401. The largest absolute Gasteiger partial charge is 0.374 e. The van der Waals surface area contributed by atoms with Gasteiger partial charge in [-0.25, -0.2) is 0 Å². The van der Waals surface area contributed by atoms with Crippen LogP contribution in [-0.4, -0.2) is 18.3 Å². The number of thioether (sulfide) groups is 1. The number of ether oxygens (including phenoxy) is 1. The van der Waals surface area contributed by atoms with Crippen LogP contribution in [0.15, 0.2) is 0 Å². The van der Waals surface area contributed by atoms with Crippen molar-refractivity contribution in [3.8, 4) is 0 Å². The molecular formula is C3H7NO2S. The van der Waals surface area contributed by atoms with E-state index in [1.54, 1.807) is 0 Å². The second-order valence-electron chi connectivity index (χ2n) is 0.870. The highest BCUT2D eigenvalue weighted by atomic mass is 32.2. The molecule has 0 fully saturated rings. The topological polar surface area (TPSA) is 52.3 Å². The summed E-state index contributed by atoms with van der Waals surface area (Å²) in [5.74, 6) is 0.343. The van der Waals surface area contributed by atoms with Gasteiger partial charge in [-0.2, -0.15) is 0 Å². The van der Waals surface area contributed by atoms with Crippen LogP contribution >= 0.6 is 11.8 Å². The number of methoxy groups -OCH3 is 1. The number of carbonyl (C=O) groups is 1. The van der Waals surface area contributed by atoms with Crippen LogP contribution in [0.4, 0.5) is 4.79 Å². The van der Waals surface area contributed by atoms with Crippen molar-refractivity contribution in [2.75, 3.05) is 13.0 Å². The molecule has 4 heteroatoms. The molecule has 0 aromatic carbocycles. The van der Waals surface area contributed by atoms with E-state index in [1.165, 1.54) is 7.11 Å². The minimum Gasteiger partial charge on any atom is -0.374 e. The van der Waals surface area contributed by atoms with E-state index in [2.05, 4.69) is 4.74 Å². The summed E-state index contributed by atoms with van der Waals surface area (Å²) in [7, 11) is 1.51. The summed E-state index contributed by atoms with van der Waals surface area (Å²) >= 11 is 0.948. The molecule has 0 unspecified atom stereocenters. The number of carbonyl (C=O) groups excluding carboxylic acids is 1. The van der Waals surface area contributed by atoms with Crippen molar-refractivity contribution < 1.29 is 9.53 Å². The second kappa shape index (κ2) is 3.95. The van der Waals surface area contributed by atoms with Crippen molar-refractivity contribution in [2.45, 2.75) is 0 Å². The highest BCUT2D eigenvalue weighted by molar-refractivity contribution is 8.13. The fraction of sp³-hybridized carbons (Fsp3) is 0.667. The number of primary amides is 1. The molecule has 7 heavy (non-hydrogen) atoms. The lowest BCUT2D eigenvalue weighted by Crippen LogP contribution is -2.03. The van der Waals surface area contributed by atoms with Gasteiger partial charge in [-0.1, -0.05) is 0 Å². The first-order valence-corrected chi connectivity index (χ1v) is 2.67. The first kappa shape index (κ1) is 6.78. The third-order valence-electron chi connectivity index (χ3n) is 0.319. The molecule has 0 rings (SSSR count). The van der Waals surface area contributed by atoms with Gasteiger partial charge in [0.25, 0.3) is 5.24 Å². The van der Waals surface area contributed by atoms with Gasteiger partial charge in [-0.15, -0.1) is 0 Å². The summed E-state index contributed by atoms with van der Waals surface area (Å²) in [6.45, 7) is 0. The molecular weight excluding hydrogens is 114 g/mol. The number of hydrogen-bond acceptors (Lipinski definition) is 3. The van der Waals surface area contributed by atoms with E-state index in [0.717, 1.165) is 11.8 Å². The number of hydrogen-bond donors (Lipinski definition) is 1. The smallest absolute Gasteiger partial charge is 0.278 e. The van der Waals surface area contributed by atoms with Gasteiger partial charge >= 0.3 is 0 Å². The average molecular weight is 121 g/mol. The van der Waals surface area contributed by atoms with Crippen LogP contribution in [0.3, 0.4) is 0 Å². The van der Waals surface area contributed by atoms with Gasteiger partial charge in [-0.3, -0.25) is 4.79 Å². The van der Waals surface area contributed by atoms with Crippen molar-refractivity contribution >= 4 is 17.0 Å². The Balaban J connectivity index is 2.82. The Morgan fingerprint density at radius 2 is 2.57 bits per heavy atom. The molecule has 0 atom stereocenters. The molecule has 0 saturated heterocycles. The maximum atomic E-state index is 9.86. The van der Waals surface area contributed by atoms with Gasteiger partial charge in [0.1, 0.15) is 5.94 Å². The molecule has 3 nitrogen and oxygen atoms in total. The monoisotopic (exact) mass is 121 g/mol. The van der Waals surface area contributed by atoms with Crippen LogP contribution in [0.25, 0.3) is 0 Å². The third-order valence-corrected chi connectivity index (χ3v) is 0.957. The molecule has 0 aromatic heterocycles. The molecule has 0 heterocycles. The summed E-state index contributed by atoms with van der Waals surface area (Å²) in [4.78, 5) is 9.86. The van der Waals surface area contributed by atoms with Crippen molar-refractivity contribution in [3.63, 3.8) is 0 Å². The Hall–Kier alpha value is -0.220. The molecule has 0 spiro atoms. The van der Waals surface area contributed by atoms with Crippen LogP contribution in [0.1, 0.15) is 0 Å². The van der Waals surface area contributed by atoms with E-state index < -0.39 is 5.24 Å². The Morgan fingerprint density at radius 1 is 2.00 bits per heavy atom. The number of rotatable bonds is 2. The molecule has 2 N–H and O–H groups in total. The maximum Gasteiger partial charge on any atom is 0.278 e. The molecule has 0 aliphatic rings. The Bertz CT molecular complexity index is 66.0. The van der Waals surface area contributed by atoms with Gasteiger partial charge < -0.3 is 10.5 Å². The number of nitrogens with two attached hydrogens (primary N) is 1. The molecule has 0 bridgehead atoms. The predicted octanol–water partition coefficient (Wildman–Crippen LogP) is 0.402. The first-order chi connectivity index (χ1) is 3.27. The lowest BCUT2D eigenvalue weighted by atomic mass is 11.4. The summed E-state index contributed by atoms with van der Waals surface area (Å²) < 4.78 is 4.51. The van der Waals surface area contributed by atoms with Crippen LogP contribution in [0.2, 0.25) is 0 Å². The maximum absolute atomic E-state index is 9.86. The predicted molar refractivity (Wildman–Crippen MR) is 29.1 cm³/mol. The van der Waals surface area contributed by atoms with Gasteiger partial charge in [-0.05, 0) is 11.8 Å². The second-order valence-corrected chi connectivity index (χ2v) is 1.80. The normalized spacial score (nSPS) is 8.71. The molecule has 0 aromatic rings. The standard InChI is InChI=1S/C3H7NO2S/c1-6-2-7-3(4)5/h2H2,1H3,(H2,4,5). The molecule has 0 aliphatic carbocycles. The van der Waals surface area contributed by atoms with Crippen molar-refractivity contribution in [1.82, 2.24) is 0 Å². The van der Waals surface area contributed by atoms with Crippen LogP contribution < -0.4 is 5.73 Å². The summed E-state index contributed by atoms with van der Waals surface area (Å²) in [5, 5.41) is -0.401.